The molecular formula is C16H21FO3. The van der Waals surface area contributed by atoms with E-state index in [4.69, 9.17) is 4.74 Å². The molecule has 0 heterocycles. The van der Waals surface area contributed by atoms with Crippen LogP contribution in [-0.2, 0) is 4.79 Å². The fourth-order valence-corrected chi connectivity index (χ4v) is 3.18. The molecule has 0 amide bonds. The molecule has 0 saturated heterocycles. The van der Waals surface area contributed by atoms with Gasteiger partial charge in [0.15, 0.2) is 11.6 Å². The molecule has 1 saturated carbocycles. The van der Waals surface area contributed by atoms with E-state index >= 15 is 0 Å². The third-order valence-corrected chi connectivity index (χ3v) is 4.32. The van der Waals surface area contributed by atoms with Crippen LogP contribution in [0.4, 0.5) is 4.39 Å². The fourth-order valence-electron chi connectivity index (χ4n) is 3.18. The van der Waals surface area contributed by atoms with Crippen LogP contribution in [0.15, 0.2) is 18.2 Å². The highest BCUT2D eigenvalue weighted by atomic mass is 19.1. The van der Waals surface area contributed by atoms with E-state index in [1.165, 1.54) is 7.11 Å². The zero-order valence-electron chi connectivity index (χ0n) is 12.1. The van der Waals surface area contributed by atoms with Gasteiger partial charge >= 0.3 is 5.97 Å². The third kappa shape index (κ3) is 2.79. The van der Waals surface area contributed by atoms with E-state index in [1.807, 2.05) is 0 Å². The van der Waals surface area contributed by atoms with E-state index in [9.17, 15) is 14.3 Å². The van der Waals surface area contributed by atoms with Crippen LogP contribution in [0.2, 0.25) is 0 Å². The number of benzene rings is 1. The largest absolute Gasteiger partial charge is 0.494 e. The standard InChI is InChI=1S/C16H21FO3/c1-16(2)8-7-11(15(18)19)12(9-16)10-5-4-6-13(20-3)14(10)17/h4-6,11-12H,7-9H2,1-3H3,(H,18,19). The predicted octanol–water partition coefficient (Wildman–Crippen LogP) is 3.83. The summed E-state index contributed by atoms with van der Waals surface area (Å²) in [6.45, 7) is 4.21. The zero-order valence-corrected chi connectivity index (χ0v) is 12.1. The third-order valence-electron chi connectivity index (χ3n) is 4.32. The summed E-state index contributed by atoms with van der Waals surface area (Å²) in [5, 5.41) is 9.40. The van der Waals surface area contributed by atoms with Crippen LogP contribution in [0.1, 0.15) is 44.6 Å². The van der Waals surface area contributed by atoms with E-state index in [0.717, 1.165) is 6.42 Å². The Bertz CT molecular complexity index is 510. The molecule has 0 bridgehead atoms. The first-order valence-electron chi connectivity index (χ1n) is 6.91. The number of rotatable bonds is 3. The van der Waals surface area contributed by atoms with Crippen molar-refractivity contribution in [1.82, 2.24) is 0 Å². The molecule has 4 heteroatoms. The van der Waals surface area contributed by atoms with Crippen molar-refractivity contribution in [3.05, 3.63) is 29.6 Å². The van der Waals surface area contributed by atoms with Gasteiger partial charge in [0.05, 0.1) is 13.0 Å². The molecule has 1 aliphatic carbocycles. The van der Waals surface area contributed by atoms with E-state index in [2.05, 4.69) is 13.8 Å². The van der Waals surface area contributed by atoms with Gasteiger partial charge in [0.1, 0.15) is 0 Å². The van der Waals surface area contributed by atoms with Gasteiger partial charge in [0.2, 0.25) is 0 Å². The van der Waals surface area contributed by atoms with Crippen molar-refractivity contribution in [1.29, 1.82) is 0 Å². The molecule has 1 fully saturated rings. The SMILES string of the molecule is COc1cccc(C2CC(C)(C)CCC2C(=O)O)c1F. The Morgan fingerprint density at radius 3 is 2.75 bits per heavy atom. The van der Waals surface area contributed by atoms with Crippen molar-refractivity contribution >= 4 is 5.97 Å². The maximum absolute atomic E-state index is 14.4. The van der Waals surface area contributed by atoms with Gasteiger partial charge in [0.25, 0.3) is 0 Å². The number of aliphatic carboxylic acids is 1. The lowest BCUT2D eigenvalue weighted by molar-refractivity contribution is -0.144. The van der Waals surface area contributed by atoms with Crippen molar-refractivity contribution < 1.29 is 19.0 Å². The van der Waals surface area contributed by atoms with E-state index in [0.29, 0.717) is 18.4 Å². The van der Waals surface area contributed by atoms with Crippen LogP contribution < -0.4 is 4.74 Å². The second-order valence-corrected chi connectivity index (χ2v) is 6.32. The smallest absolute Gasteiger partial charge is 0.307 e. The molecule has 1 aromatic carbocycles. The Hall–Kier alpha value is -1.58. The lowest BCUT2D eigenvalue weighted by Crippen LogP contribution is -2.33. The minimum Gasteiger partial charge on any atom is -0.494 e. The fraction of sp³-hybridized carbons (Fsp3) is 0.562. The van der Waals surface area contributed by atoms with Gasteiger partial charge in [-0.05, 0) is 36.3 Å². The topological polar surface area (TPSA) is 46.5 Å². The van der Waals surface area contributed by atoms with Crippen LogP contribution in [0.25, 0.3) is 0 Å². The summed E-state index contributed by atoms with van der Waals surface area (Å²) >= 11 is 0. The van der Waals surface area contributed by atoms with E-state index in [1.54, 1.807) is 18.2 Å². The Morgan fingerprint density at radius 1 is 1.45 bits per heavy atom. The monoisotopic (exact) mass is 280 g/mol. The average molecular weight is 280 g/mol. The van der Waals surface area contributed by atoms with Gasteiger partial charge < -0.3 is 9.84 Å². The maximum Gasteiger partial charge on any atom is 0.307 e. The average Bonchev–Trinajstić information content (AvgIpc) is 2.37. The highest BCUT2D eigenvalue weighted by Gasteiger charge is 2.40. The molecule has 1 N–H and O–H groups in total. The molecule has 2 rings (SSSR count). The van der Waals surface area contributed by atoms with Crippen LogP contribution in [0.5, 0.6) is 5.75 Å². The Morgan fingerprint density at radius 2 is 2.15 bits per heavy atom. The molecule has 0 spiro atoms. The molecule has 0 radical (unpaired) electrons. The predicted molar refractivity (Wildman–Crippen MR) is 74.5 cm³/mol. The minimum atomic E-state index is -0.840. The Kier molecular flexibility index (Phi) is 4.02. The van der Waals surface area contributed by atoms with Gasteiger partial charge in [0, 0.05) is 5.92 Å². The molecule has 0 aromatic heterocycles. The van der Waals surface area contributed by atoms with Crippen molar-refractivity contribution in [3.8, 4) is 5.75 Å². The highest BCUT2D eigenvalue weighted by Crippen LogP contribution is 2.48. The summed E-state index contributed by atoms with van der Waals surface area (Å²) < 4.78 is 19.4. The summed E-state index contributed by atoms with van der Waals surface area (Å²) in [5.41, 5.74) is 0.496. The number of hydrogen-bond donors (Lipinski definition) is 1. The number of ether oxygens (including phenoxy) is 1. The zero-order chi connectivity index (χ0) is 14.9. The molecule has 2 unspecified atom stereocenters. The van der Waals surface area contributed by atoms with Gasteiger partial charge in [-0.2, -0.15) is 0 Å². The van der Waals surface area contributed by atoms with Gasteiger partial charge in [-0.3, -0.25) is 4.79 Å². The number of carboxylic acid groups (broad SMARTS) is 1. The maximum atomic E-state index is 14.4. The van der Waals surface area contributed by atoms with Crippen LogP contribution in [0.3, 0.4) is 0 Å². The quantitative estimate of drug-likeness (QED) is 0.915. The lowest BCUT2D eigenvalue weighted by atomic mass is 9.65. The van der Waals surface area contributed by atoms with Crippen LogP contribution in [-0.4, -0.2) is 18.2 Å². The first-order valence-corrected chi connectivity index (χ1v) is 6.91. The molecule has 1 aliphatic rings. The highest BCUT2D eigenvalue weighted by molar-refractivity contribution is 5.71. The molecule has 0 aliphatic heterocycles. The van der Waals surface area contributed by atoms with Crippen molar-refractivity contribution in [3.63, 3.8) is 0 Å². The van der Waals surface area contributed by atoms with Gasteiger partial charge in [-0.15, -0.1) is 0 Å². The number of halogens is 1. The summed E-state index contributed by atoms with van der Waals surface area (Å²) in [6.07, 6.45) is 2.11. The van der Waals surface area contributed by atoms with Crippen LogP contribution >= 0.6 is 0 Å². The second kappa shape index (κ2) is 5.43. The van der Waals surface area contributed by atoms with Crippen molar-refractivity contribution in [2.24, 2.45) is 11.3 Å². The number of hydrogen-bond acceptors (Lipinski definition) is 2. The first-order chi connectivity index (χ1) is 9.35. The molecule has 1 aromatic rings. The van der Waals surface area contributed by atoms with Crippen LogP contribution in [0, 0.1) is 17.2 Å². The second-order valence-electron chi connectivity index (χ2n) is 6.32. The summed E-state index contributed by atoms with van der Waals surface area (Å²) in [7, 11) is 1.42. The lowest BCUT2D eigenvalue weighted by Gasteiger charge is -2.39. The Labute approximate surface area is 118 Å². The number of carbonyl (C=O) groups is 1. The number of carboxylic acids is 1. The molecule has 110 valence electrons. The summed E-state index contributed by atoms with van der Waals surface area (Å²) in [6, 6.07) is 4.96. The van der Waals surface area contributed by atoms with E-state index in [-0.39, 0.29) is 17.1 Å². The summed E-state index contributed by atoms with van der Waals surface area (Å²) in [4.78, 5) is 11.5. The number of methoxy groups -OCH3 is 1. The van der Waals surface area contributed by atoms with Crippen molar-refractivity contribution in [2.75, 3.05) is 7.11 Å². The van der Waals surface area contributed by atoms with E-state index < -0.39 is 17.7 Å². The molecule has 3 nitrogen and oxygen atoms in total. The van der Waals surface area contributed by atoms with Gasteiger partial charge in [-0.1, -0.05) is 26.0 Å². The first kappa shape index (κ1) is 14.8. The van der Waals surface area contributed by atoms with Gasteiger partial charge in [-0.25, -0.2) is 4.39 Å². The normalized spacial score (nSPS) is 25.2. The summed E-state index contributed by atoms with van der Waals surface area (Å²) in [5.74, 6) is -1.91. The molecular weight excluding hydrogens is 259 g/mol. The van der Waals surface area contributed by atoms with Crippen molar-refractivity contribution in [2.45, 2.75) is 39.0 Å². The minimum absolute atomic E-state index is 0.0339. The Balaban J connectivity index is 2.43. The molecule has 2 atom stereocenters. The molecule has 20 heavy (non-hydrogen) atoms.